The molecule has 0 atom stereocenters. The van der Waals surface area contributed by atoms with Crippen LogP contribution in [-0.4, -0.2) is 25.2 Å². The van der Waals surface area contributed by atoms with Gasteiger partial charge < -0.3 is 9.47 Å². The first kappa shape index (κ1) is 16.3. The van der Waals surface area contributed by atoms with E-state index in [1.807, 2.05) is 0 Å². The van der Waals surface area contributed by atoms with Crippen molar-refractivity contribution in [3.05, 3.63) is 35.3 Å². The SMILES string of the molecule is [2H]c1c([2H])c([2H])c(C(=O)OCCCCCCCC)c(C(=O)OCCCCCC)c1[2H]. The lowest BCUT2D eigenvalue weighted by Gasteiger charge is -2.10. The molecule has 0 amide bonds. The predicted molar refractivity (Wildman–Crippen MR) is 105 cm³/mol. The molecular formula is C22H34O4. The number of rotatable bonds is 14. The Morgan fingerprint density at radius 1 is 0.731 bits per heavy atom. The summed E-state index contributed by atoms with van der Waals surface area (Å²) in [5, 5.41) is 0. The van der Waals surface area contributed by atoms with Crippen molar-refractivity contribution in [1.82, 2.24) is 0 Å². The molecule has 1 aromatic carbocycles. The van der Waals surface area contributed by atoms with E-state index in [-0.39, 0.29) is 13.2 Å². The van der Waals surface area contributed by atoms with E-state index in [9.17, 15) is 9.59 Å². The van der Waals surface area contributed by atoms with Crippen LogP contribution in [0.4, 0.5) is 0 Å². The molecule has 0 aliphatic carbocycles. The minimum Gasteiger partial charge on any atom is -0.462 e. The van der Waals surface area contributed by atoms with E-state index >= 15 is 0 Å². The Hall–Kier alpha value is -1.84. The third-order valence-electron chi connectivity index (χ3n) is 4.06. The first-order valence-corrected chi connectivity index (χ1v) is 9.81. The van der Waals surface area contributed by atoms with Crippen molar-refractivity contribution in [3.63, 3.8) is 0 Å². The summed E-state index contributed by atoms with van der Waals surface area (Å²) in [6.45, 7) is 4.47. The van der Waals surface area contributed by atoms with Crippen LogP contribution < -0.4 is 0 Å². The number of hydrogen-bond donors (Lipinski definition) is 0. The van der Waals surface area contributed by atoms with E-state index in [0.29, 0.717) is 12.8 Å². The lowest BCUT2D eigenvalue weighted by Crippen LogP contribution is -2.15. The highest BCUT2D eigenvalue weighted by atomic mass is 16.5. The van der Waals surface area contributed by atoms with Gasteiger partial charge in [0.2, 0.25) is 0 Å². The van der Waals surface area contributed by atoms with Gasteiger partial charge in [-0.2, -0.15) is 0 Å². The van der Waals surface area contributed by atoms with Crippen LogP contribution in [0.1, 0.15) is 104 Å². The fourth-order valence-corrected chi connectivity index (χ4v) is 2.50. The van der Waals surface area contributed by atoms with Gasteiger partial charge in [0.1, 0.15) is 0 Å². The van der Waals surface area contributed by atoms with E-state index in [1.165, 1.54) is 6.42 Å². The van der Waals surface area contributed by atoms with E-state index in [1.54, 1.807) is 0 Å². The Balaban J connectivity index is 2.87. The Bertz CT molecular complexity index is 707. The molecule has 1 rings (SSSR count). The summed E-state index contributed by atoms with van der Waals surface area (Å²) in [6.07, 6.45) is 9.67. The van der Waals surface area contributed by atoms with Crippen LogP contribution in [0.2, 0.25) is 0 Å². The van der Waals surface area contributed by atoms with Crippen molar-refractivity contribution in [2.24, 2.45) is 0 Å². The smallest absolute Gasteiger partial charge is 0.339 e. The number of ether oxygens (including phenoxy) is 2. The highest BCUT2D eigenvalue weighted by molar-refractivity contribution is 6.03. The Morgan fingerprint density at radius 2 is 1.12 bits per heavy atom. The molecule has 4 nitrogen and oxygen atoms in total. The van der Waals surface area contributed by atoms with Crippen molar-refractivity contribution in [2.45, 2.75) is 78.1 Å². The first-order valence-electron chi connectivity index (χ1n) is 11.8. The molecule has 0 aliphatic rings. The van der Waals surface area contributed by atoms with Gasteiger partial charge in [0.25, 0.3) is 0 Å². The standard InChI is InChI=1S/C22H34O4/c1-3-5-7-9-10-14-18-26-22(24)20-16-12-11-15-19(20)21(23)25-17-13-8-6-4-2/h11-12,15-16H,3-10,13-14,17-18H2,1-2H3/i11D,12D,15D,16D. The summed E-state index contributed by atoms with van der Waals surface area (Å²) in [5.74, 6) is -1.85. The Morgan fingerprint density at radius 3 is 1.58 bits per heavy atom. The summed E-state index contributed by atoms with van der Waals surface area (Å²) in [4.78, 5) is 25.1. The fraction of sp³-hybridized carbons (Fsp3) is 0.636. The molecule has 0 saturated heterocycles. The molecule has 0 heterocycles. The van der Waals surface area contributed by atoms with Crippen molar-refractivity contribution in [1.29, 1.82) is 0 Å². The van der Waals surface area contributed by atoms with Gasteiger partial charge in [0.15, 0.2) is 0 Å². The average molecular weight is 367 g/mol. The van der Waals surface area contributed by atoms with Crippen LogP contribution in [-0.2, 0) is 9.47 Å². The maximum absolute atomic E-state index is 12.6. The molecule has 1 aromatic rings. The van der Waals surface area contributed by atoms with E-state index in [4.69, 9.17) is 15.0 Å². The van der Waals surface area contributed by atoms with Gasteiger partial charge in [-0.15, -0.1) is 0 Å². The molecule has 0 saturated carbocycles. The average Bonchev–Trinajstić information content (AvgIpc) is 2.73. The largest absolute Gasteiger partial charge is 0.462 e. The minimum absolute atomic E-state index is 0.133. The van der Waals surface area contributed by atoms with Gasteiger partial charge in [-0.25, -0.2) is 9.59 Å². The van der Waals surface area contributed by atoms with Gasteiger partial charge in [0.05, 0.1) is 29.8 Å². The molecule has 0 spiro atoms. The second-order valence-electron chi connectivity index (χ2n) is 6.35. The number of esters is 2. The molecule has 0 fully saturated rings. The van der Waals surface area contributed by atoms with Crippen LogP contribution in [0.3, 0.4) is 0 Å². The zero-order chi connectivity index (χ0) is 22.5. The fourth-order valence-electron chi connectivity index (χ4n) is 2.50. The number of benzene rings is 1. The van der Waals surface area contributed by atoms with Gasteiger partial charge in [-0.3, -0.25) is 0 Å². The summed E-state index contributed by atoms with van der Waals surface area (Å²) < 4.78 is 42.2. The van der Waals surface area contributed by atoms with Crippen molar-refractivity contribution >= 4 is 11.9 Å². The highest BCUT2D eigenvalue weighted by Crippen LogP contribution is 2.13. The summed E-state index contributed by atoms with van der Waals surface area (Å²) >= 11 is 0. The maximum atomic E-state index is 12.6. The van der Waals surface area contributed by atoms with Gasteiger partial charge in [0, 0.05) is 0 Å². The zero-order valence-electron chi connectivity index (χ0n) is 20.1. The second kappa shape index (κ2) is 14.3. The third kappa shape index (κ3) is 9.02. The van der Waals surface area contributed by atoms with E-state index < -0.39 is 47.2 Å². The molecule has 0 radical (unpaired) electrons. The van der Waals surface area contributed by atoms with Crippen molar-refractivity contribution in [3.8, 4) is 0 Å². The van der Waals surface area contributed by atoms with Gasteiger partial charge in [-0.05, 0) is 24.9 Å². The second-order valence-corrected chi connectivity index (χ2v) is 6.35. The third-order valence-corrected chi connectivity index (χ3v) is 4.06. The van der Waals surface area contributed by atoms with Crippen LogP contribution in [0.25, 0.3) is 0 Å². The van der Waals surface area contributed by atoms with Gasteiger partial charge >= 0.3 is 11.9 Å². The highest BCUT2D eigenvalue weighted by Gasteiger charge is 2.18. The van der Waals surface area contributed by atoms with Crippen LogP contribution >= 0.6 is 0 Å². The van der Waals surface area contributed by atoms with E-state index in [0.717, 1.165) is 44.9 Å². The molecule has 4 heteroatoms. The molecule has 26 heavy (non-hydrogen) atoms. The normalized spacial score (nSPS) is 12.7. The molecular weight excluding hydrogens is 328 g/mol. The molecule has 0 aliphatic heterocycles. The number of unbranched alkanes of at least 4 members (excludes halogenated alkanes) is 8. The Labute approximate surface area is 163 Å². The summed E-state index contributed by atoms with van der Waals surface area (Å²) in [6, 6.07) is -2.32. The Kier molecular flexibility index (Phi) is 9.01. The first-order chi connectivity index (χ1) is 14.4. The topological polar surface area (TPSA) is 52.6 Å². The van der Waals surface area contributed by atoms with Crippen molar-refractivity contribution < 1.29 is 24.5 Å². The molecule has 0 bridgehead atoms. The molecule has 0 aromatic heterocycles. The van der Waals surface area contributed by atoms with Crippen molar-refractivity contribution in [2.75, 3.05) is 13.2 Å². The van der Waals surface area contributed by atoms with Crippen LogP contribution in [0.15, 0.2) is 24.2 Å². The summed E-state index contributed by atoms with van der Waals surface area (Å²) in [7, 11) is 0. The van der Waals surface area contributed by atoms with E-state index in [2.05, 4.69) is 13.8 Å². The molecule has 0 unspecified atom stereocenters. The van der Waals surface area contributed by atoms with Crippen LogP contribution in [0.5, 0.6) is 0 Å². The monoisotopic (exact) mass is 366 g/mol. The predicted octanol–water partition coefficient (Wildman–Crippen LogP) is 5.94. The quantitative estimate of drug-likeness (QED) is 0.302. The lowest BCUT2D eigenvalue weighted by molar-refractivity contribution is 0.0450. The number of hydrogen-bond acceptors (Lipinski definition) is 4. The minimum atomic E-state index is -0.926. The van der Waals surface area contributed by atoms with Crippen LogP contribution in [0, 0.1) is 0 Å². The number of carbonyl (C=O) groups excluding carboxylic acids is 2. The summed E-state index contributed by atoms with van der Waals surface area (Å²) in [5.41, 5.74) is -0.907. The lowest BCUT2D eigenvalue weighted by atomic mass is 10.1. The zero-order valence-corrected chi connectivity index (χ0v) is 16.1. The maximum Gasteiger partial charge on any atom is 0.339 e. The molecule has 146 valence electrons. The van der Waals surface area contributed by atoms with Gasteiger partial charge in [-0.1, -0.05) is 77.3 Å². The molecule has 0 N–H and O–H groups in total. The number of carbonyl (C=O) groups is 2.